The van der Waals surface area contributed by atoms with Crippen LogP contribution in [0, 0.1) is 29.8 Å². The molecule has 0 aliphatic heterocycles. The second-order valence-corrected chi connectivity index (χ2v) is 6.95. The third-order valence-electron chi connectivity index (χ3n) is 4.08. The summed E-state index contributed by atoms with van der Waals surface area (Å²) in [6, 6.07) is 6.35. The molecule has 0 atom stereocenters. The fourth-order valence-electron chi connectivity index (χ4n) is 2.78. The lowest BCUT2D eigenvalue weighted by molar-refractivity contribution is -0.386. The monoisotopic (exact) mass is 450 g/mol. The van der Waals surface area contributed by atoms with Gasteiger partial charge in [-0.2, -0.15) is 10.2 Å². The van der Waals surface area contributed by atoms with E-state index in [-0.39, 0.29) is 36.1 Å². The predicted molar refractivity (Wildman–Crippen MR) is 102 cm³/mol. The van der Waals surface area contributed by atoms with E-state index in [4.69, 9.17) is 0 Å². The summed E-state index contributed by atoms with van der Waals surface area (Å²) in [5, 5.41) is 22.0. The van der Waals surface area contributed by atoms with Gasteiger partial charge in [-0.15, -0.1) is 0 Å². The van der Waals surface area contributed by atoms with Crippen molar-refractivity contribution in [2.45, 2.75) is 26.9 Å². The number of nitro groups is 1. The zero-order chi connectivity index (χ0) is 20.4. The molecule has 1 aromatic carbocycles. The van der Waals surface area contributed by atoms with Crippen molar-refractivity contribution in [2.75, 3.05) is 5.32 Å². The van der Waals surface area contributed by atoms with Crippen molar-refractivity contribution in [3.05, 3.63) is 67.8 Å². The lowest BCUT2D eigenvalue weighted by Crippen LogP contribution is -2.21. The highest BCUT2D eigenvalue weighted by molar-refractivity contribution is 9.10. The second kappa shape index (κ2) is 7.89. The van der Waals surface area contributed by atoms with Crippen LogP contribution in [0.15, 0.2) is 34.9 Å². The summed E-state index contributed by atoms with van der Waals surface area (Å²) >= 11 is 3.31. The molecule has 1 amide bonds. The van der Waals surface area contributed by atoms with E-state index in [1.165, 1.54) is 29.3 Å². The summed E-state index contributed by atoms with van der Waals surface area (Å²) in [4.78, 5) is 22.9. The molecule has 1 N–H and O–H groups in total. The highest BCUT2D eigenvalue weighted by Crippen LogP contribution is 2.23. The molecule has 0 spiro atoms. The van der Waals surface area contributed by atoms with Crippen molar-refractivity contribution in [2.24, 2.45) is 0 Å². The van der Waals surface area contributed by atoms with Gasteiger partial charge in [-0.05, 0) is 35.8 Å². The molecule has 3 aromatic rings. The summed E-state index contributed by atoms with van der Waals surface area (Å²) in [5.41, 5.74) is 0.890. The lowest BCUT2D eigenvalue weighted by Gasteiger charge is -2.05. The van der Waals surface area contributed by atoms with Crippen LogP contribution in [0.2, 0.25) is 0 Å². The van der Waals surface area contributed by atoms with Gasteiger partial charge in [-0.25, -0.2) is 4.39 Å². The molecule has 28 heavy (non-hydrogen) atoms. The van der Waals surface area contributed by atoms with Gasteiger partial charge in [-0.1, -0.05) is 18.2 Å². The first kappa shape index (κ1) is 19.7. The molecule has 3 rings (SSSR count). The van der Waals surface area contributed by atoms with Crippen LogP contribution in [-0.2, 0) is 17.9 Å². The molecule has 146 valence electrons. The van der Waals surface area contributed by atoms with Gasteiger partial charge < -0.3 is 5.32 Å². The molecule has 0 fully saturated rings. The fraction of sp³-hybridized carbons (Fsp3) is 0.235. The Balaban J connectivity index is 1.71. The van der Waals surface area contributed by atoms with Crippen LogP contribution in [-0.4, -0.2) is 30.4 Å². The quantitative estimate of drug-likeness (QED) is 0.458. The van der Waals surface area contributed by atoms with E-state index in [0.717, 1.165) is 0 Å². The first-order chi connectivity index (χ1) is 13.3. The third-order valence-corrected chi connectivity index (χ3v) is 4.66. The molecule has 2 aromatic heterocycles. The largest absolute Gasteiger partial charge is 0.312 e. The predicted octanol–water partition coefficient (Wildman–Crippen LogP) is 3.19. The van der Waals surface area contributed by atoms with Crippen molar-refractivity contribution in [3.63, 3.8) is 0 Å². The number of halogens is 2. The molecule has 0 aliphatic carbocycles. The number of nitrogens with one attached hydrogen (secondary N) is 1. The first-order valence-corrected chi connectivity index (χ1v) is 9.00. The first-order valence-electron chi connectivity index (χ1n) is 8.21. The number of hydrogen-bond donors (Lipinski definition) is 1. The highest BCUT2D eigenvalue weighted by atomic mass is 79.9. The van der Waals surface area contributed by atoms with Gasteiger partial charge in [0.15, 0.2) is 5.82 Å². The zero-order valence-corrected chi connectivity index (χ0v) is 16.6. The van der Waals surface area contributed by atoms with Crippen LogP contribution >= 0.6 is 15.9 Å². The van der Waals surface area contributed by atoms with Gasteiger partial charge in [0.1, 0.15) is 23.7 Å². The highest BCUT2D eigenvalue weighted by Gasteiger charge is 2.23. The number of hydrogen-bond acceptors (Lipinski definition) is 5. The number of benzene rings is 1. The van der Waals surface area contributed by atoms with Gasteiger partial charge in [-0.3, -0.25) is 24.3 Å². The number of amides is 1. The van der Waals surface area contributed by atoms with Gasteiger partial charge >= 0.3 is 5.69 Å². The average Bonchev–Trinajstić information content (AvgIpc) is 3.08. The SMILES string of the molecule is Cc1nn(CC(=O)Nc2nn(Cc3ccccc3F)cc2Br)c(C)c1[N+](=O)[O-]. The minimum atomic E-state index is -0.521. The normalized spacial score (nSPS) is 10.9. The molecule has 0 aliphatic rings. The number of carbonyl (C=O) groups is 1. The summed E-state index contributed by atoms with van der Waals surface area (Å²) in [7, 11) is 0. The Morgan fingerprint density at radius 1 is 1.32 bits per heavy atom. The average molecular weight is 451 g/mol. The Morgan fingerprint density at radius 2 is 2.04 bits per heavy atom. The minimum absolute atomic E-state index is 0.108. The molecule has 0 radical (unpaired) electrons. The number of aromatic nitrogens is 4. The van der Waals surface area contributed by atoms with Crippen LogP contribution in [0.1, 0.15) is 17.0 Å². The van der Waals surface area contributed by atoms with Gasteiger partial charge in [0.25, 0.3) is 0 Å². The third kappa shape index (κ3) is 4.09. The van der Waals surface area contributed by atoms with Gasteiger partial charge in [0, 0.05) is 11.8 Å². The molecule has 0 unspecified atom stereocenters. The summed E-state index contributed by atoms with van der Waals surface area (Å²) in [6.07, 6.45) is 1.62. The van der Waals surface area contributed by atoms with E-state index in [9.17, 15) is 19.3 Å². The lowest BCUT2D eigenvalue weighted by atomic mass is 10.2. The maximum absolute atomic E-state index is 13.8. The number of aryl methyl sites for hydroxylation is 1. The Bertz CT molecular complexity index is 1060. The number of nitrogens with zero attached hydrogens (tertiary/aromatic N) is 5. The molecule has 0 saturated carbocycles. The van der Waals surface area contributed by atoms with Crippen LogP contribution in [0.4, 0.5) is 15.9 Å². The number of carbonyl (C=O) groups excluding carboxylic acids is 1. The maximum atomic E-state index is 13.8. The van der Waals surface area contributed by atoms with Crippen molar-refractivity contribution < 1.29 is 14.1 Å². The number of anilines is 1. The standard InChI is InChI=1S/C17H16BrFN6O3/c1-10-16(25(27)28)11(2)24(21-10)9-15(26)20-17-13(18)8-23(22-17)7-12-5-3-4-6-14(12)19/h3-6,8H,7,9H2,1-2H3,(H,20,22,26). The van der Waals surface area contributed by atoms with E-state index in [1.807, 2.05) is 0 Å². The Hall–Kier alpha value is -3.08. The summed E-state index contributed by atoms with van der Waals surface area (Å²) < 4.78 is 17.1. The van der Waals surface area contributed by atoms with E-state index >= 15 is 0 Å². The van der Waals surface area contributed by atoms with Crippen molar-refractivity contribution >= 4 is 33.3 Å². The van der Waals surface area contributed by atoms with Crippen molar-refractivity contribution in [1.82, 2.24) is 19.6 Å². The fourth-order valence-corrected chi connectivity index (χ4v) is 3.19. The molecule has 9 nitrogen and oxygen atoms in total. The van der Waals surface area contributed by atoms with E-state index in [0.29, 0.717) is 15.7 Å². The Labute approximate surface area is 167 Å². The Kier molecular flexibility index (Phi) is 5.54. The van der Waals surface area contributed by atoms with Crippen molar-refractivity contribution in [3.8, 4) is 0 Å². The second-order valence-electron chi connectivity index (χ2n) is 6.10. The minimum Gasteiger partial charge on any atom is -0.307 e. The molecule has 0 bridgehead atoms. The topological polar surface area (TPSA) is 108 Å². The summed E-state index contributed by atoms with van der Waals surface area (Å²) in [5.74, 6) is -0.527. The van der Waals surface area contributed by atoms with E-state index < -0.39 is 10.8 Å². The molecule has 11 heteroatoms. The smallest absolute Gasteiger partial charge is 0.307 e. The van der Waals surface area contributed by atoms with E-state index in [1.54, 1.807) is 24.4 Å². The van der Waals surface area contributed by atoms with E-state index in [2.05, 4.69) is 31.4 Å². The maximum Gasteiger partial charge on any atom is 0.312 e. The number of rotatable bonds is 6. The van der Waals surface area contributed by atoms with Crippen LogP contribution in [0.3, 0.4) is 0 Å². The van der Waals surface area contributed by atoms with Crippen LogP contribution in [0.5, 0.6) is 0 Å². The van der Waals surface area contributed by atoms with Crippen LogP contribution in [0.25, 0.3) is 0 Å². The Morgan fingerprint density at radius 3 is 2.68 bits per heavy atom. The zero-order valence-electron chi connectivity index (χ0n) is 15.0. The molecule has 2 heterocycles. The molecular weight excluding hydrogens is 435 g/mol. The molecule has 0 saturated heterocycles. The summed E-state index contributed by atoms with van der Waals surface area (Å²) in [6.45, 7) is 3.04. The van der Waals surface area contributed by atoms with Crippen molar-refractivity contribution in [1.29, 1.82) is 0 Å². The molecular formula is C17H16BrFN6O3. The van der Waals surface area contributed by atoms with Crippen LogP contribution < -0.4 is 5.32 Å². The van der Waals surface area contributed by atoms with Gasteiger partial charge in [0.2, 0.25) is 5.91 Å². The van der Waals surface area contributed by atoms with Gasteiger partial charge in [0.05, 0.1) is 15.9 Å².